The van der Waals surface area contributed by atoms with Crippen molar-refractivity contribution in [3.63, 3.8) is 0 Å². The third kappa shape index (κ3) is 1.22. The summed E-state index contributed by atoms with van der Waals surface area (Å²) in [6.45, 7) is 2.17. The summed E-state index contributed by atoms with van der Waals surface area (Å²) in [5, 5.41) is 0. The number of aromatic amines is 1. The molecule has 0 fully saturated rings. The number of hydrogen-bond acceptors (Lipinski definition) is 1. The standard InChI is InChI=1S/C13H12N2/c1-9-3-2-4-11-10(9)5-6-12(11)13-7-14-8-15-13/h2-4,6-8H,5H2,1H3,(H,14,15). The summed E-state index contributed by atoms with van der Waals surface area (Å²) < 4.78 is 0. The fourth-order valence-electron chi connectivity index (χ4n) is 2.20. The van der Waals surface area contributed by atoms with Gasteiger partial charge in [-0.3, -0.25) is 0 Å². The molecule has 0 atom stereocenters. The lowest BCUT2D eigenvalue weighted by atomic mass is 10.00. The minimum Gasteiger partial charge on any atom is -0.345 e. The molecule has 0 aliphatic heterocycles. The zero-order valence-corrected chi connectivity index (χ0v) is 8.62. The summed E-state index contributed by atoms with van der Waals surface area (Å²) in [5.41, 5.74) is 6.56. The molecule has 74 valence electrons. The van der Waals surface area contributed by atoms with Crippen LogP contribution in [0.2, 0.25) is 0 Å². The van der Waals surface area contributed by atoms with E-state index in [9.17, 15) is 0 Å². The molecular formula is C13H12N2. The number of benzene rings is 1. The number of allylic oxidation sites excluding steroid dienone is 1. The maximum Gasteiger partial charge on any atom is 0.0924 e. The molecule has 0 spiro atoms. The Morgan fingerprint density at radius 2 is 2.27 bits per heavy atom. The molecule has 15 heavy (non-hydrogen) atoms. The fraction of sp³-hybridized carbons (Fsp3) is 0.154. The molecule has 0 radical (unpaired) electrons. The quantitative estimate of drug-likeness (QED) is 0.746. The molecule has 1 aliphatic rings. The first-order chi connectivity index (χ1) is 7.36. The van der Waals surface area contributed by atoms with E-state index in [1.54, 1.807) is 6.33 Å². The minimum absolute atomic E-state index is 1.04. The van der Waals surface area contributed by atoms with Gasteiger partial charge in [-0.15, -0.1) is 0 Å². The van der Waals surface area contributed by atoms with Gasteiger partial charge in [-0.05, 0) is 30.0 Å². The molecule has 2 heteroatoms. The van der Waals surface area contributed by atoms with E-state index in [1.165, 1.54) is 22.3 Å². The van der Waals surface area contributed by atoms with Crippen LogP contribution in [0.25, 0.3) is 5.57 Å². The van der Waals surface area contributed by atoms with E-state index in [2.05, 4.69) is 41.2 Å². The van der Waals surface area contributed by atoms with Crippen LogP contribution in [-0.2, 0) is 6.42 Å². The molecule has 1 aromatic heterocycles. The molecule has 1 N–H and O–H groups in total. The Labute approximate surface area is 88.7 Å². The first-order valence-electron chi connectivity index (χ1n) is 5.14. The Balaban J connectivity index is 2.15. The number of nitrogens with zero attached hydrogens (tertiary/aromatic N) is 1. The highest BCUT2D eigenvalue weighted by atomic mass is 14.9. The number of imidazole rings is 1. The van der Waals surface area contributed by atoms with Crippen LogP contribution in [0.3, 0.4) is 0 Å². The van der Waals surface area contributed by atoms with E-state index in [1.807, 2.05) is 6.20 Å². The van der Waals surface area contributed by atoms with E-state index in [0.29, 0.717) is 0 Å². The van der Waals surface area contributed by atoms with Crippen LogP contribution < -0.4 is 0 Å². The topological polar surface area (TPSA) is 28.7 Å². The van der Waals surface area contributed by atoms with Crippen molar-refractivity contribution in [3.8, 4) is 0 Å². The van der Waals surface area contributed by atoms with Gasteiger partial charge in [-0.1, -0.05) is 24.3 Å². The van der Waals surface area contributed by atoms with Crippen molar-refractivity contribution in [1.82, 2.24) is 9.97 Å². The maximum absolute atomic E-state index is 4.07. The Hall–Kier alpha value is -1.83. The average Bonchev–Trinajstić information content (AvgIpc) is 2.85. The molecule has 2 nitrogen and oxygen atoms in total. The third-order valence-corrected chi connectivity index (χ3v) is 3.00. The van der Waals surface area contributed by atoms with Gasteiger partial charge in [0.25, 0.3) is 0 Å². The second-order valence-electron chi connectivity index (χ2n) is 3.89. The monoisotopic (exact) mass is 196 g/mol. The molecule has 1 aromatic carbocycles. The van der Waals surface area contributed by atoms with Crippen LogP contribution in [0, 0.1) is 6.92 Å². The Kier molecular flexibility index (Phi) is 1.75. The van der Waals surface area contributed by atoms with Gasteiger partial charge in [0.15, 0.2) is 0 Å². The van der Waals surface area contributed by atoms with Gasteiger partial charge < -0.3 is 4.98 Å². The highest BCUT2D eigenvalue weighted by Crippen LogP contribution is 2.32. The second kappa shape index (κ2) is 3.09. The zero-order valence-electron chi connectivity index (χ0n) is 8.62. The van der Waals surface area contributed by atoms with Crippen LogP contribution in [0.5, 0.6) is 0 Å². The highest BCUT2D eigenvalue weighted by molar-refractivity contribution is 5.83. The molecule has 0 bridgehead atoms. The first-order valence-corrected chi connectivity index (χ1v) is 5.14. The minimum atomic E-state index is 1.04. The molecule has 3 rings (SSSR count). The molecule has 0 amide bonds. The summed E-state index contributed by atoms with van der Waals surface area (Å²) in [7, 11) is 0. The van der Waals surface area contributed by atoms with E-state index in [4.69, 9.17) is 0 Å². The Bertz CT molecular complexity index is 521. The van der Waals surface area contributed by atoms with Gasteiger partial charge in [0.1, 0.15) is 0 Å². The average molecular weight is 196 g/mol. The summed E-state index contributed by atoms with van der Waals surface area (Å²) in [6, 6.07) is 6.47. The number of aromatic nitrogens is 2. The SMILES string of the molecule is Cc1cccc2c1CC=C2c1cnc[nH]1. The number of aryl methyl sites for hydroxylation is 1. The fourth-order valence-corrected chi connectivity index (χ4v) is 2.20. The second-order valence-corrected chi connectivity index (χ2v) is 3.89. The number of nitrogens with one attached hydrogen (secondary N) is 1. The lowest BCUT2D eigenvalue weighted by Gasteiger charge is -2.05. The predicted octanol–water partition coefficient (Wildman–Crippen LogP) is 2.71. The number of H-pyrrole nitrogens is 1. The van der Waals surface area contributed by atoms with Crippen molar-refractivity contribution >= 4 is 5.57 Å². The molecule has 2 aromatic rings. The highest BCUT2D eigenvalue weighted by Gasteiger charge is 2.17. The number of fused-ring (bicyclic) bond motifs is 1. The van der Waals surface area contributed by atoms with Gasteiger partial charge in [0.2, 0.25) is 0 Å². The van der Waals surface area contributed by atoms with Crippen LogP contribution in [-0.4, -0.2) is 9.97 Å². The normalized spacial score (nSPS) is 13.8. The van der Waals surface area contributed by atoms with Crippen molar-refractivity contribution in [2.75, 3.05) is 0 Å². The van der Waals surface area contributed by atoms with Crippen LogP contribution in [0.15, 0.2) is 36.8 Å². The van der Waals surface area contributed by atoms with Crippen molar-refractivity contribution in [2.24, 2.45) is 0 Å². The predicted molar refractivity (Wildman–Crippen MR) is 60.5 cm³/mol. The summed E-state index contributed by atoms with van der Waals surface area (Å²) in [5.74, 6) is 0. The summed E-state index contributed by atoms with van der Waals surface area (Å²) in [4.78, 5) is 7.23. The lowest BCUT2D eigenvalue weighted by Crippen LogP contribution is -1.89. The zero-order chi connectivity index (χ0) is 10.3. The summed E-state index contributed by atoms with van der Waals surface area (Å²) in [6.07, 6.45) is 6.91. The summed E-state index contributed by atoms with van der Waals surface area (Å²) >= 11 is 0. The molecule has 0 unspecified atom stereocenters. The Morgan fingerprint density at radius 3 is 3.07 bits per heavy atom. The molecule has 1 aliphatic carbocycles. The largest absolute Gasteiger partial charge is 0.345 e. The number of hydrogen-bond donors (Lipinski definition) is 1. The van der Waals surface area contributed by atoms with Crippen LogP contribution in [0.4, 0.5) is 0 Å². The first kappa shape index (κ1) is 8.48. The van der Waals surface area contributed by atoms with E-state index < -0.39 is 0 Å². The van der Waals surface area contributed by atoms with Gasteiger partial charge in [-0.25, -0.2) is 4.98 Å². The van der Waals surface area contributed by atoms with Gasteiger partial charge >= 0.3 is 0 Å². The van der Waals surface area contributed by atoms with Gasteiger partial charge in [-0.2, -0.15) is 0 Å². The Morgan fingerprint density at radius 1 is 1.33 bits per heavy atom. The molecule has 0 saturated carbocycles. The smallest absolute Gasteiger partial charge is 0.0924 e. The van der Waals surface area contributed by atoms with Crippen LogP contribution >= 0.6 is 0 Å². The van der Waals surface area contributed by atoms with Crippen LogP contribution in [0.1, 0.15) is 22.4 Å². The van der Waals surface area contributed by atoms with E-state index in [0.717, 1.165) is 12.1 Å². The van der Waals surface area contributed by atoms with E-state index >= 15 is 0 Å². The van der Waals surface area contributed by atoms with Gasteiger partial charge in [0.05, 0.1) is 18.2 Å². The van der Waals surface area contributed by atoms with Gasteiger partial charge in [0, 0.05) is 5.57 Å². The molecule has 1 heterocycles. The van der Waals surface area contributed by atoms with Crippen molar-refractivity contribution in [1.29, 1.82) is 0 Å². The van der Waals surface area contributed by atoms with E-state index in [-0.39, 0.29) is 0 Å². The molecule has 0 saturated heterocycles. The van der Waals surface area contributed by atoms with Crippen molar-refractivity contribution in [3.05, 3.63) is 59.2 Å². The third-order valence-electron chi connectivity index (χ3n) is 3.00. The molecular weight excluding hydrogens is 184 g/mol. The maximum atomic E-state index is 4.07. The van der Waals surface area contributed by atoms with Crippen molar-refractivity contribution < 1.29 is 0 Å². The number of rotatable bonds is 1. The lowest BCUT2D eigenvalue weighted by molar-refractivity contribution is 1.24. The van der Waals surface area contributed by atoms with Crippen molar-refractivity contribution in [2.45, 2.75) is 13.3 Å².